The second-order valence-electron chi connectivity index (χ2n) is 7.46. The molecule has 0 bridgehead atoms. The normalized spacial score (nSPS) is 20.0. The van der Waals surface area contributed by atoms with Gasteiger partial charge in [-0.3, -0.25) is 4.79 Å². The lowest BCUT2D eigenvalue weighted by Gasteiger charge is -2.26. The highest BCUT2D eigenvalue weighted by molar-refractivity contribution is 6.26. The number of phenolic OH excluding ortho intramolecular Hbond substituents is 3. The minimum Gasteiger partial charge on any atom is -0.507 e. The van der Waals surface area contributed by atoms with Crippen LogP contribution in [-0.4, -0.2) is 34.3 Å². The van der Waals surface area contributed by atoms with E-state index in [0.717, 1.165) is 0 Å². The quantitative estimate of drug-likeness (QED) is 0.722. The van der Waals surface area contributed by atoms with Crippen LogP contribution in [0.15, 0.2) is 6.08 Å². The summed E-state index contributed by atoms with van der Waals surface area (Å²) in [5, 5.41) is 32.9. The van der Waals surface area contributed by atoms with Gasteiger partial charge in [-0.25, -0.2) is 0 Å². The number of allylic oxidation sites excluding steroid dienone is 2. The Balaban J connectivity index is 2.35. The largest absolute Gasteiger partial charge is 0.507 e. The molecule has 6 heteroatoms. The monoisotopic (exact) mass is 356 g/mol. The zero-order valence-electron chi connectivity index (χ0n) is 15.2. The van der Waals surface area contributed by atoms with Gasteiger partial charge >= 0.3 is 0 Å². The second-order valence-corrected chi connectivity index (χ2v) is 7.46. The first-order valence-corrected chi connectivity index (χ1v) is 8.37. The van der Waals surface area contributed by atoms with E-state index < -0.39 is 16.9 Å². The van der Waals surface area contributed by atoms with Crippen molar-refractivity contribution in [3.63, 3.8) is 0 Å². The highest BCUT2D eigenvalue weighted by atomic mass is 16.5. The summed E-state index contributed by atoms with van der Waals surface area (Å²) in [6.45, 7) is 7.50. The number of rotatable bonds is 1. The van der Waals surface area contributed by atoms with Gasteiger partial charge < -0.3 is 24.8 Å². The molecule has 26 heavy (non-hydrogen) atoms. The Bertz CT molecular complexity index is 1040. The molecule has 2 aromatic rings. The van der Waals surface area contributed by atoms with Crippen molar-refractivity contribution in [3.8, 4) is 28.7 Å². The molecule has 1 aliphatic carbocycles. The molecule has 0 aromatic heterocycles. The van der Waals surface area contributed by atoms with Crippen molar-refractivity contribution in [2.75, 3.05) is 7.11 Å². The van der Waals surface area contributed by atoms with E-state index in [1.807, 2.05) is 20.8 Å². The molecule has 0 amide bonds. The highest BCUT2D eigenvalue weighted by Crippen LogP contribution is 2.60. The van der Waals surface area contributed by atoms with Crippen LogP contribution in [0.5, 0.6) is 28.7 Å². The van der Waals surface area contributed by atoms with E-state index in [9.17, 15) is 20.1 Å². The Hall–Kier alpha value is -2.89. The van der Waals surface area contributed by atoms with Crippen LogP contribution < -0.4 is 9.47 Å². The van der Waals surface area contributed by atoms with Gasteiger partial charge in [0.2, 0.25) is 5.75 Å². The van der Waals surface area contributed by atoms with E-state index in [4.69, 9.17) is 9.47 Å². The van der Waals surface area contributed by atoms with Gasteiger partial charge in [-0.15, -0.1) is 0 Å². The van der Waals surface area contributed by atoms with Crippen molar-refractivity contribution in [2.24, 2.45) is 0 Å². The average molecular weight is 356 g/mol. The third kappa shape index (κ3) is 1.69. The molecule has 2 aliphatic rings. The molecule has 0 spiro atoms. The minimum absolute atomic E-state index is 0.00527. The molecule has 3 N–H and O–H groups in total. The molecule has 0 saturated heterocycles. The Kier molecular flexibility index (Phi) is 3.09. The number of carbonyl (C=O) groups excluding carboxylic acids is 1. The number of hydrogen-bond donors (Lipinski definition) is 3. The number of ether oxygens (including phenoxy) is 2. The van der Waals surface area contributed by atoms with Crippen molar-refractivity contribution in [2.45, 2.75) is 39.2 Å². The molecule has 1 atom stereocenters. The number of hydrogen-bond acceptors (Lipinski definition) is 6. The number of phenols is 3. The molecule has 4 rings (SSSR count). The molecule has 6 nitrogen and oxygen atoms in total. The first kappa shape index (κ1) is 16.6. The van der Waals surface area contributed by atoms with Crippen molar-refractivity contribution in [1.29, 1.82) is 0 Å². The first-order valence-electron chi connectivity index (χ1n) is 8.37. The number of carbonyl (C=O) groups is 1. The van der Waals surface area contributed by atoms with E-state index in [1.54, 1.807) is 6.92 Å². The van der Waals surface area contributed by atoms with Crippen molar-refractivity contribution in [1.82, 2.24) is 0 Å². The van der Waals surface area contributed by atoms with Gasteiger partial charge in [-0.05, 0) is 25.5 Å². The molecule has 0 fully saturated rings. The smallest absolute Gasteiger partial charge is 0.204 e. The summed E-state index contributed by atoms with van der Waals surface area (Å²) >= 11 is 0. The number of methoxy groups -OCH3 is 1. The molecule has 136 valence electrons. The van der Waals surface area contributed by atoms with Gasteiger partial charge in [0.15, 0.2) is 17.3 Å². The van der Waals surface area contributed by atoms with Gasteiger partial charge in [0.05, 0.1) is 18.1 Å². The predicted molar refractivity (Wildman–Crippen MR) is 96.6 cm³/mol. The Morgan fingerprint density at radius 3 is 2.35 bits per heavy atom. The van der Waals surface area contributed by atoms with Crippen LogP contribution in [0.4, 0.5) is 0 Å². The van der Waals surface area contributed by atoms with Gasteiger partial charge in [0.25, 0.3) is 0 Å². The molecular weight excluding hydrogens is 336 g/mol. The van der Waals surface area contributed by atoms with E-state index in [1.165, 1.54) is 13.2 Å². The fourth-order valence-corrected chi connectivity index (χ4v) is 4.05. The summed E-state index contributed by atoms with van der Waals surface area (Å²) < 4.78 is 11.1. The minimum atomic E-state index is -0.510. The lowest BCUT2D eigenvalue weighted by atomic mass is 9.76. The lowest BCUT2D eigenvalue weighted by Crippen LogP contribution is -2.29. The van der Waals surface area contributed by atoms with Crippen LogP contribution in [-0.2, 0) is 5.41 Å². The molecule has 2 aromatic carbocycles. The van der Waals surface area contributed by atoms with Crippen LogP contribution in [0, 0.1) is 0 Å². The number of fused-ring (bicyclic) bond motifs is 2. The maximum absolute atomic E-state index is 12.6. The van der Waals surface area contributed by atoms with Gasteiger partial charge in [-0.1, -0.05) is 13.8 Å². The summed E-state index contributed by atoms with van der Waals surface area (Å²) in [7, 11) is 1.30. The third-order valence-corrected chi connectivity index (χ3v) is 5.73. The fourth-order valence-electron chi connectivity index (χ4n) is 4.05. The standard InChI is InChI=1S/C20H20O6/c1-7-6-9(21)11-12-10(7)15(22)14-18(26-8(2)20(14,3)4)13(12)17(24)19(25-5)16(11)23/h6,8,22-24H,1-5H3/t8-/m1/s1. The zero-order chi connectivity index (χ0) is 19.1. The molecule has 0 radical (unpaired) electrons. The van der Waals surface area contributed by atoms with E-state index in [2.05, 4.69) is 0 Å². The maximum Gasteiger partial charge on any atom is 0.204 e. The number of ketones is 1. The van der Waals surface area contributed by atoms with Crippen LogP contribution in [0.2, 0.25) is 0 Å². The molecule has 0 unspecified atom stereocenters. The Labute approximate surface area is 150 Å². The Morgan fingerprint density at radius 1 is 1.08 bits per heavy atom. The summed E-state index contributed by atoms with van der Waals surface area (Å²) in [6, 6.07) is 0. The second kappa shape index (κ2) is 4.84. The third-order valence-electron chi connectivity index (χ3n) is 5.73. The highest BCUT2D eigenvalue weighted by Gasteiger charge is 2.46. The summed E-state index contributed by atoms with van der Waals surface area (Å²) in [6.07, 6.45) is 1.11. The van der Waals surface area contributed by atoms with Gasteiger partial charge in [0.1, 0.15) is 17.6 Å². The number of aromatic hydroxyl groups is 3. The van der Waals surface area contributed by atoms with Gasteiger partial charge in [-0.2, -0.15) is 0 Å². The van der Waals surface area contributed by atoms with Crippen LogP contribution in [0.25, 0.3) is 16.3 Å². The SMILES string of the molecule is COc1c(O)c2c3c(c(O)c4c(c3c1O)O[C@H](C)C4(C)C)C(C)=CC2=O. The van der Waals surface area contributed by atoms with Crippen molar-refractivity contribution < 1.29 is 29.6 Å². The number of benzene rings is 2. The summed E-state index contributed by atoms with van der Waals surface area (Å²) in [5.74, 6) is -1.04. The lowest BCUT2D eigenvalue weighted by molar-refractivity contribution is 0.104. The van der Waals surface area contributed by atoms with E-state index in [-0.39, 0.29) is 39.7 Å². The van der Waals surface area contributed by atoms with Crippen molar-refractivity contribution in [3.05, 3.63) is 22.8 Å². The molecular formula is C20H20O6. The van der Waals surface area contributed by atoms with Crippen LogP contribution in [0.1, 0.15) is 49.2 Å². The summed E-state index contributed by atoms with van der Waals surface area (Å²) in [4.78, 5) is 12.6. The Morgan fingerprint density at radius 2 is 1.73 bits per heavy atom. The topological polar surface area (TPSA) is 96.2 Å². The predicted octanol–water partition coefficient (Wildman–Crippen LogP) is 3.62. The van der Waals surface area contributed by atoms with Crippen LogP contribution in [0.3, 0.4) is 0 Å². The molecule has 1 heterocycles. The van der Waals surface area contributed by atoms with E-state index >= 15 is 0 Å². The summed E-state index contributed by atoms with van der Waals surface area (Å²) in [5.41, 5.74) is 1.04. The van der Waals surface area contributed by atoms with Crippen molar-refractivity contribution >= 4 is 22.1 Å². The maximum atomic E-state index is 12.6. The average Bonchev–Trinajstić information content (AvgIpc) is 2.77. The molecule has 1 aliphatic heterocycles. The van der Waals surface area contributed by atoms with Crippen LogP contribution >= 0.6 is 0 Å². The van der Waals surface area contributed by atoms with Gasteiger partial charge in [0, 0.05) is 21.9 Å². The fraction of sp³-hybridized carbons (Fsp3) is 0.350. The first-order chi connectivity index (χ1) is 12.1. The zero-order valence-corrected chi connectivity index (χ0v) is 15.2. The van der Waals surface area contributed by atoms with E-state index in [0.29, 0.717) is 22.4 Å². The molecule has 0 saturated carbocycles.